The summed E-state index contributed by atoms with van der Waals surface area (Å²) in [5, 5.41) is 11.8. The van der Waals surface area contributed by atoms with Crippen molar-refractivity contribution in [1.82, 2.24) is 4.90 Å². The number of carbonyl (C=O) groups is 2. The third-order valence-electron chi connectivity index (χ3n) is 3.76. The molecule has 0 aliphatic heterocycles. The van der Waals surface area contributed by atoms with Gasteiger partial charge in [-0.15, -0.1) is 0 Å². The van der Waals surface area contributed by atoms with Gasteiger partial charge in [0.1, 0.15) is 6.54 Å². The molecule has 2 amide bonds. The van der Waals surface area contributed by atoms with Gasteiger partial charge < -0.3 is 15.3 Å². The average Bonchev–Trinajstić information content (AvgIpc) is 2.93. The van der Waals surface area contributed by atoms with Gasteiger partial charge in [0, 0.05) is 16.2 Å². The lowest BCUT2D eigenvalue weighted by Crippen LogP contribution is -2.44. The Morgan fingerprint density at radius 3 is 2.62 bits per heavy atom. The van der Waals surface area contributed by atoms with Crippen LogP contribution in [0.5, 0.6) is 0 Å². The monoisotopic (exact) mass is 354 g/mol. The summed E-state index contributed by atoms with van der Waals surface area (Å²) in [6, 6.07) is 5.21. The van der Waals surface area contributed by atoms with Crippen LogP contribution in [-0.4, -0.2) is 34.6 Å². The van der Waals surface area contributed by atoms with Crippen molar-refractivity contribution in [2.45, 2.75) is 38.6 Å². The first-order chi connectivity index (χ1) is 9.97. The van der Waals surface area contributed by atoms with Crippen molar-refractivity contribution in [3.8, 4) is 0 Å². The van der Waals surface area contributed by atoms with E-state index in [0.717, 1.165) is 35.7 Å². The maximum Gasteiger partial charge on any atom is 0.323 e. The van der Waals surface area contributed by atoms with Crippen LogP contribution in [0, 0.1) is 6.92 Å². The van der Waals surface area contributed by atoms with Gasteiger partial charge in [0.15, 0.2) is 0 Å². The van der Waals surface area contributed by atoms with Crippen molar-refractivity contribution in [3.05, 3.63) is 28.2 Å². The number of aliphatic carboxylic acids is 1. The van der Waals surface area contributed by atoms with Crippen LogP contribution in [0.3, 0.4) is 0 Å². The van der Waals surface area contributed by atoms with Gasteiger partial charge in [-0.2, -0.15) is 0 Å². The molecular weight excluding hydrogens is 336 g/mol. The fraction of sp³-hybridized carbons (Fsp3) is 0.467. The first-order valence-corrected chi connectivity index (χ1v) is 7.82. The van der Waals surface area contributed by atoms with Gasteiger partial charge in [-0.3, -0.25) is 4.79 Å². The molecule has 0 radical (unpaired) electrons. The number of anilines is 1. The molecule has 0 atom stereocenters. The number of urea groups is 1. The lowest BCUT2D eigenvalue weighted by Gasteiger charge is -2.27. The summed E-state index contributed by atoms with van der Waals surface area (Å²) in [4.78, 5) is 24.8. The number of carboxylic acid groups (broad SMARTS) is 1. The molecule has 2 rings (SSSR count). The highest BCUT2D eigenvalue weighted by Crippen LogP contribution is 2.25. The highest BCUT2D eigenvalue weighted by atomic mass is 79.9. The maximum absolute atomic E-state index is 12.4. The molecule has 6 heteroatoms. The first-order valence-electron chi connectivity index (χ1n) is 7.03. The van der Waals surface area contributed by atoms with Crippen LogP contribution in [0.2, 0.25) is 0 Å². The van der Waals surface area contributed by atoms with Gasteiger partial charge in [-0.05, 0) is 37.5 Å². The van der Waals surface area contributed by atoms with E-state index in [1.54, 1.807) is 0 Å². The predicted octanol–water partition coefficient (Wildman–Crippen LogP) is 3.62. The minimum atomic E-state index is -0.984. The Labute approximate surface area is 132 Å². The van der Waals surface area contributed by atoms with E-state index in [1.807, 2.05) is 25.1 Å². The van der Waals surface area contributed by atoms with E-state index in [-0.39, 0.29) is 18.6 Å². The van der Waals surface area contributed by atoms with Crippen molar-refractivity contribution < 1.29 is 14.7 Å². The quantitative estimate of drug-likeness (QED) is 0.867. The number of nitrogens with zero attached hydrogens (tertiary/aromatic N) is 1. The largest absolute Gasteiger partial charge is 0.480 e. The second-order valence-electron chi connectivity index (χ2n) is 5.35. The summed E-state index contributed by atoms with van der Waals surface area (Å²) in [7, 11) is 0. The van der Waals surface area contributed by atoms with E-state index < -0.39 is 5.97 Å². The van der Waals surface area contributed by atoms with E-state index in [4.69, 9.17) is 5.11 Å². The molecule has 5 nitrogen and oxygen atoms in total. The number of amides is 2. The van der Waals surface area contributed by atoms with Crippen molar-refractivity contribution in [3.63, 3.8) is 0 Å². The fourth-order valence-electron chi connectivity index (χ4n) is 2.59. The molecule has 0 heterocycles. The van der Waals surface area contributed by atoms with Crippen molar-refractivity contribution in [2.24, 2.45) is 0 Å². The lowest BCUT2D eigenvalue weighted by molar-refractivity contribution is -0.138. The number of rotatable bonds is 4. The minimum Gasteiger partial charge on any atom is -0.480 e. The Bertz CT molecular complexity index is 542. The second-order valence-corrected chi connectivity index (χ2v) is 6.21. The Hall–Kier alpha value is -1.56. The summed E-state index contributed by atoms with van der Waals surface area (Å²) in [6.45, 7) is 1.70. The number of halogens is 1. The highest BCUT2D eigenvalue weighted by molar-refractivity contribution is 9.10. The minimum absolute atomic E-state index is 0.0231. The standard InChI is InChI=1S/C15H19BrN2O3/c1-10-6-7-11(8-13(10)16)17-15(21)18(9-14(19)20)12-4-2-3-5-12/h6-8,12H,2-5,9H2,1H3,(H,17,21)(H,19,20). The zero-order valence-corrected chi connectivity index (χ0v) is 13.5. The van der Waals surface area contributed by atoms with Crippen LogP contribution in [0.15, 0.2) is 22.7 Å². The molecule has 1 aliphatic carbocycles. The molecule has 2 N–H and O–H groups in total. The number of benzene rings is 1. The molecule has 0 bridgehead atoms. The van der Waals surface area contributed by atoms with E-state index >= 15 is 0 Å². The van der Waals surface area contributed by atoms with Gasteiger partial charge in [-0.1, -0.05) is 34.8 Å². The van der Waals surface area contributed by atoms with E-state index in [2.05, 4.69) is 21.2 Å². The van der Waals surface area contributed by atoms with Gasteiger partial charge >= 0.3 is 12.0 Å². The van der Waals surface area contributed by atoms with Crippen molar-refractivity contribution >= 4 is 33.6 Å². The third kappa shape index (κ3) is 4.20. The van der Waals surface area contributed by atoms with Crippen LogP contribution in [-0.2, 0) is 4.79 Å². The number of carbonyl (C=O) groups excluding carboxylic acids is 1. The summed E-state index contributed by atoms with van der Waals surface area (Å²) < 4.78 is 0.908. The molecule has 1 aromatic rings. The topological polar surface area (TPSA) is 69.6 Å². The molecule has 114 valence electrons. The zero-order valence-electron chi connectivity index (χ0n) is 11.9. The lowest BCUT2D eigenvalue weighted by atomic mass is 10.2. The van der Waals surface area contributed by atoms with Gasteiger partial charge in [0.2, 0.25) is 0 Å². The molecule has 0 aromatic heterocycles. The van der Waals surface area contributed by atoms with Crippen LogP contribution in [0.25, 0.3) is 0 Å². The maximum atomic E-state index is 12.4. The molecule has 1 saturated carbocycles. The van der Waals surface area contributed by atoms with Gasteiger partial charge in [0.05, 0.1) is 0 Å². The number of hydrogen-bond acceptors (Lipinski definition) is 2. The van der Waals surface area contributed by atoms with Crippen molar-refractivity contribution in [2.75, 3.05) is 11.9 Å². The molecule has 0 saturated heterocycles. The predicted molar refractivity (Wildman–Crippen MR) is 84.5 cm³/mol. The zero-order chi connectivity index (χ0) is 15.4. The van der Waals surface area contributed by atoms with Crippen LogP contribution >= 0.6 is 15.9 Å². The van der Waals surface area contributed by atoms with Crippen molar-refractivity contribution in [1.29, 1.82) is 0 Å². The highest BCUT2D eigenvalue weighted by Gasteiger charge is 2.28. The van der Waals surface area contributed by atoms with E-state index in [0.29, 0.717) is 5.69 Å². The SMILES string of the molecule is Cc1ccc(NC(=O)N(CC(=O)O)C2CCCC2)cc1Br. The Morgan fingerprint density at radius 2 is 2.05 bits per heavy atom. The molecule has 0 unspecified atom stereocenters. The molecular formula is C15H19BrN2O3. The average molecular weight is 355 g/mol. The van der Waals surface area contributed by atoms with E-state index in [9.17, 15) is 9.59 Å². The second kappa shape index (κ2) is 6.93. The molecule has 1 aromatic carbocycles. The number of hydrogen-bond donors (Lipinski definition) is 2. The fourth-order valence-corrected chi connectivity index (χ4v) is 2.97. The molecule has 1 aliphatic rings. The third-order valence-corrected chi connectivity index (χ3v) is 4.61. The van der Waals surface area contributed by atoms with Gasteiger partial charge in [-0.25, -0.2) is 4.79 Å². The Morgan fingerprint density at radius 1 is 1.38 bits per heavy atom. The number of nitrogens with one attached hydrogen (secondary N) is 1. The Balaban J connectivity index is 2.09. The molecule has 21 heavy (non-hydrogen) atoms. The normalized spacial score (nSPS) is 15.0. The number of carboxylic acids is 1. The summed E-state index contributed by atoms with van der Waals surface area (Å²) in [5.41, 5.74) is 1.73. The summed E-state index contributed by atoms with van der Waals surface area (Å²) in [6.07, 6.45) is 3.84. The molecule has 1 fully saturated rings. The van der Waals surface area contributed by atoms with E-state index in [1.165, 1.54) is 4.90 Å². The number of aryl methyl sites for hydroxylation is 1. The van der Waals surface area contributed by atoms with Gasteiger partial charge in [0.25, 0.3) is 0 Å². The Kier molecular flexibility index (Phi) is 5.22. The van der Waals surface area contributed by atoms with Crippen LogP contribution in [0.1, 0.15) is 31.2 Å². The van der Waals surface area contributed by atoms with Crippen LogP contribution in [0.4, 0.5) is 10.5 Å². The summed E-state index contributed by atoms with van der Waals surface area (Å²) in [5.74, 6) is -0.984. The van der Waals surface area contributed by atoms with Crippen LogP contribution < -0.4 is 5.32 Å². The smallest absolute Gasteiger partial charge is 0.323 e. The summed E-state index contributed by atoms with van der Waals surface area (Å²) >= 11 is 3.42. The first kappa shape index (κ1) is 15.8. The molecule has 0 spiro atoms.